The normalized spacial score (nSPS) is 15.2. The van der Waals surface area contributed by atoms with Crippen LogP contribution >= 0.6 is 0 Å². The van der Waals surface area contributed by atoms with Gasteiger partial charge in [-0.2, -0.15) is 0 Å². The SMILES string of the molecule is CO[Si](C=CC(C)(C)N(C(C)(C)C)C(C)(C)C)(OC)OC. The Labute approximate surface area is 132 Å². The Morgan fingerprint density at radius 3 is 1.29 bits per heavy atom. The van der Waals surface area contributed by atoms with E-state index in [4.69, 9.17) is 13.3 Å². The zero-order chi connectivity index (χ0) is 17.1. The van der Waals surface area contributed by atoms with Crippen molar-refractivity contribution in [3.8, 4) is 0 Å². The van der Waals surface area contributed by atoms with Crippen LogP contribution in [0.3, 0.4) is 0 Å². The van der Waals surface area contributed by atoms with E-state index in [0.717, 1.165) is 0 Å². The molecule has 0 amide bonds. The lowest BCUT2D eigenvalue weighted by atomic mass is 9.87. The van der Waals surface area contributed by atoms with Gasteiger partial charge in [-0.25, -0.2) is 0 Å². The molecule has 0 N–H and O–H groups in total. The van der Waals surface area contributed by atoms with Gasteiger partial charge in [0, 0.05) is 37.9 Å². The summed E-state index contributed by atoms with van der Waals surface area (Å²) in [6.07, 6.45) is 2.15. The van der Waals surface area contributed by atoms with E-state index in [1.54, 1.807) is 21.3 Å². The summed E-state index contributed by atoms with van der Waals surface area (Å²) < 4.78 is 16.4. The molecule has 21 heavy (non-hydrogen) atoms. The molecule has 0 aromatic rings. The summed E-state index contributed by atoms with van der Waals surface area (Å²) in [5, 5.41) is 0. The Balaban J connectivity index is 5.63. The van der Waals surface area contributed by atoms with Gasteiger partial charge in [-0.1, -0.05) is 6.08 Å². The molecule has 0 rings (SSSR count). The van der Waals surface area contributed by atoms with E-state index in [9.17, 15) is 0 Å². The minimum absolute atomic E-state index is 0.0313. The van der Waals surface area contributed by atoms with E-state index in [0.29, 0.717) is 0 Å². The van der Waals surface area contributed by atoms with Crippen LogP contribution in [0.2, 0.25) is 0 Å². The molecule has 0 unspecified atom stereocenters. The molecule has 0 aliphatic rings. The smallest absolute Gasteiger partial charge is 0.374 e. The van der Waals surface area contributed by atoms with Gasteiger partial charge in [0.2, 0.25) is 0 Å². The second kappa shape index (κ2) is 6.92. The maximum absolute atomic E-state index is 5.47. The second-order valence-electron chi connectivity index (χ2n) is 7.88. The van der Waals surface area contributed by atoms with E-state index in [1.165, 1.54) is 0 Å². The predicted octanol–water partition coefficient (Wildman–Crippen LogP) is 3.64. The van der Waals surface area contributed by atoms with Crippen LogP contribution in [0.25, 0.3) is 0 Å². The Bertz CT molecular complexity index is 327. The Morgan fingerprint density at radius 1 is 0.714 bits per heavy atom. The van der Waals surface area contributed by atoms with Crippen molar-refractivity contribution in [1.29, 1.82) is 0 Å². The third-order valence-corrected chi connectivity index (χ3v) is 5.75. The lowest BCUT2D eigenvalue weighted by Crippen LogP contribution is -2.61. The molecule has 0 aromatic heterocycles. The van der Waals surface area contributed by atoms with Gasteiger partial charge >= 0.3 is 8.80 Å². The fourth-order valence-electron chi connectivity index (χ4n) is 3.57. The van der Waals surface area contributed by atoms with Crippen LogP contribution in [0.5, 0.6) is 0 Å². The van der Waals surface area contributed by atoms with Gasteiger partial charge in [0.05, 0.1) is 0 Å². The van der Waals surface area contributed by atoms with Crippen LogP contribution < -0.4 is 0 Å². The highest BCUT2D eigenvalue weighted by molar-refractivity contribution is 6.66. The van der Waals surface area contributed by atoms with Crippen LogP contribution in [0, 0.1) is 0 Å². The summed E-state index contributed by atoms with van der Waals surface area (Å²) in [5.74, 6) is 0. The maximum Gasteiger partial charge on any atom is 0.528 e. The molecule has 0 aromatic carbocycles. The third-order valence-electron chi connectivity index (χ3n) is 3.47. The molecule has 0 fully saturated rings. The first-order valence-corrected chi connectivity index (χ1v) is 9.22. The van der Waals surface area contributed by atoms with Gasteiger partial charge in [-0.15, -0.1) is 0 Å². The number of hydrogen-bond acceptors (Lipinski definition) is 4. The summed E-state index contributed by atoms with van der Waals surface area (Å²) in [6.45, 7) is 17.8. The molecule has 0 heterocycles. The van der Waals surface area contributed by atoms with Crippen molar-refractivity contribution >= 4 is 8.80 Å². The molecule has 0 aliphatic carbocycles. The fourth-order valence-corrected chi connectivity index (χ4v) is 5.09. The largest absolute Gasteiger partial charge is 0.528 e. The zero-order valence-electron chi connectivity index (χ0n) is 15.8. The molecule has 0 radical (unpaired) electrons. The first kappa shape index (κ1) is 20.8. The molecule has 0 bridgehead atoms. The lowest BCUT2D eigenvalue weighted by molar-refractivity contribution is -0.0268. The number of nitrogens with zero attached hydrogens (tertiary/aromatic N) is 1. The van der Waals surface area contributed by atoms with Crippen LogP contribution in [0.4, 0.5) is 0 Å². The third kappa shape index (κ3) is 5.49. The van der Waals surface area contributed by atoms with Gasteiger partial charge in [0.15, 0.2) is 0 Å². The Morgan fingerprint density at radius 2 is 1.05 bits per heavy atom. The van der Waals surface area contributed by atoms with Gasteiger partial charge in [-0.3, -0.25) is 4.90 Å². The first-order valence-electron chi connectivity index (χ1n) is 7.42. The Kier molecular flexibility index (Phi) is 6.85. The summed E-state index contributed by atoms with van der Waals surface area (Å²) in [6, 6.07) is 0. The second-order valence-corrected chi connectivity index (χ2v) is 10.6. The first-order chi connectivity index (χ1) is 9.26. The van der Waals surface area contributed by atoms with Crippen molar-refractivity contribution < 1.29 is 13.3 Å². The highest BCUT2D eigenvalue weighted by atomic mass is 28.4. The van der Waals surface area contributed by atoms with E-state index in [1.807, 2.05) is 5.70 Å². The molecule has 4 nitrogen and oxygen atoms in total. The summed E-state index contributed by atoms with van der Waals surface area (Å²) in [4.78, 5) is 2.49. The van der Waals surface area contributed by atoms with E-state index in [2.05, 4.69) is 66.4 Å². The zero-order valence-corrected chi connectivity index (χ0v) is 16.8. The molecule has 0 saturated carbocycles. The van der Waals surface area contributed by atoms with Crippen molar-refractivity contribution in [2.24, 2.45) is 0 Å². The van der Waals surface area contributed by atoms with Gasteiger partial charge in [-0.05, 0) is 61.1 Å². The van der Waals surface area contributed by atoms with Crippen molar-refractivity contribution in [3.05, 3.63) is 11.8 Å². The summed E-state index contributed by atoms with van der Waals surface area (Å²) >= 11 is 0. The lowest BCUT2D eigenvalue weighted by Gasteiger charge is -2.53. The van der Waals surface area contributed by atoms with Crippen LogP contribution in [-0.4, -0.2) is 51.7 Å². The molecule has 126 valence electrons. The topological polar surface area (TPSA) is 30.9 Å². The molecule has 0 aliphatic heterocycles. The van der Waals surface area contributed by atoms with Crippen molar-refractivity contribution in [2.75, 3.05) is 21.3 Å². The summed E-state index contributed by atoms with van der Waals surface area (Å²) in [7, 11) is 2.18. The standard InChI is InChI=1S/C16H35NO3Si/c1-14(2,3)17(15(4,5)6)16(7,8)12-13-21(18-9,19-10)20-11/h12-13H,1-11H3. The monoisotopic (exact) mass is 317 g/mol. The van der Waals surface area contributed by atoms with Crippen LogP contribution in [0.15, 0.2) is 11.8 Å². The minimum Gasteiger partial charge on any atom is -0.374 e. The number of rotatable bonds is 6. The summed E-state index contributed by atoms with van der Waals surface area (Å²) in [5.41, 5.74) is 1.87. The average molecular weight is 318 g/mol. The van der Waals surface area contributed by atoms with Crippen molar-refractivity contribution in [1.82, 2.24) is 4.90 Å². The quantitative estimate of drug-likeness (QED) is 0.700. The average Bonchev–Trinajstić information content (AvgIpc) is 2.27. The maximum atomic E-state index is 5.47. The van der Waals surface area contributed by atoms with Crippen molar-refractivity contribution in [3.63, 3.8) is 0 Å². The van der Waals surface area contributed by atoms with E-state index < -0.39 is 8.80 Å². The molecule has 5 heteroatoms. The van der Waals surface area contributed by atoms with E-state index >= 15 is 0 Å². The van der Waals surface area contributed by atoms with Gasteiger partial charge in [0.25, 0.3) is 0 Å². The van der Waals surface area contributed by atoms with Crippen molar-refractivity contribution in [2.45, 2.75) is 72.0 Å². The number of hydrogen-bond donors (Lipinski definition) is 0. The molecule has 0 saturated heterocycles. The van der Waals surface area contributed by atoms with Crippen LogP contribution in [-0.2, 0) is 13.3 Å². The van der Waals surface area contributed by atoms with Gasteiger partial charge in [0.1, 0.15) is 0 Å². The predicted molar refractivity (Wildman–Crippen MR) is 91.3 cm³/mol. The highest BCUT2D eigenvalue weighted by Crippen LogP contribution is 2.34. The van der Waals surface area contributed by atoms with Gasteiger partial charge < -0.3 is 13.3 Å². The molecule has 0 atom stereocenters. The van der Waals surface area contributed by atoms with Crippen LogP contribution in [0.1, 0.15) is 55.4 Å². The fraction of sp³-hybridized carbons (Fsp3) is 0.875. The molecule has 0 spiro atoms. The Hall–Kier alpha value is -0.203. The molecular formula is C16H35NO3Si. The highest BCUT2D eigenvalue weighted by Gasteiger charge is 2.42. The molecular weight excluding hydrogens is 282 g/mol. The van der Waals surface area contributed by atoms with E-state index in [-0.39, 0.29) is 16.6 Å². The minimum atomic E-state index is -2.70.